The van der Waals surface area contributed by atoms with Gasteiger partial charge >= 0.3 is 0 Å². The van der Waals surface area contributed by atoms with Gasteiger partial charge in [0.15, 0.2) is 11.5 Å². The molecule has 0 radical (unpaired) electrons. The van der Waals surface area contributed by atoms with Gasteiger partial charge < -0.3 is 30.2 Å². The third-order valence-corrected chi connectivity index (χ3v) is 5.16. The average molecular weight is 446 g/mol. The number of rotatable bonds is 11. The Labute approximate surface area is 187 Å². The van der Waals surface area contributed by atoms with Crippen LogP contribution in [0.1, 0.15) is 38.4 Å². The highest BCUT2D eigenvalue weighted by atomic mass is 16.5. The van der Waals surface area contributed by atoms with Crippen molar-refractivity contribution in [3.05, 3.63) is 18.0 Å². The molecular weight excluding hydrogens is 414 g/mol. The van der Waals surface area contributed by atoms with Crippen molar-refractivity contribution in [2.24, 2.45) is 0 Å². The molecule has 3 rings (SSSR count). The maximum atomic E-state index is 12.0. The van der Waals surface area contributed by atoms with Crippen LogP contribution in [-0.4, -0.2) is 61.8 Å². The normalized spacial score (nSPS) is 15.5. The molecule has 0 aliphatic carbocycles. The highest BCUT2D eigenvalue weighted by molar-refractivity contribution is 6.00. The number of methoxy groups -OCH3 is 2. The highest BCUT2D eigenvalue weighted by Crippen LogP contribution is 2.34. The van der Waals surface area contributed by atoms with Crippen LogP contribution in [0.5, 0.6) is 11.5 Å². The Morgan fingerprint density at radius 1 is 1.16 bits per heavy atom. The molecule has 3 N–H and O–H groups in total. The van der Waals surface area contributed by atoms with Gasteiger partial charge in [0.05, 0.1) is 26.3 Å². The molecule has 0 bridgehead atoms. The molecule has 10 heteroatoms. The Morgan fingerprint density at radius 2 is 1.94 bits per heavy atom. The third-order valence-electron chi connectivity index (χ3n) is 5.16. The van der Waals surface area contributed by atoms with Crippen molar-refractivity contribution >= 4 is 28.5 Å². The quantitative estimate of drug-likeness (QED) is 0.447. The number of carbonyl (C=O) groups excluding carboxylic acids is 2. The number of hydrogen-bond donors (Lipinski definition) is 3. The lowest BCUT2D eigenvalue weighted by Gasteiger charge is -2.13. The molecule has 1 aromatic carbocycles. The van der Waals surface area contributed by atoms with Crippen LogP contribution < -0.4 is 25.4 Å². The van der Waals surface area contributed by atoms with Crippen LogP contribution in [0, 0.1) is 0 Å². The molecule has 1 fully saturated rings. The number of hydrogen-bond acceptors (Lipinski definition) is 8. The van der Waals surface area contributed by atoms with Gasteiger partial charge in [0, 0.05) is 31.0 Å². The van der Waals surface area contributed by atoms with Crippen molar-refractivity contribution in [2.45, 2.75) is 45.3 Å². The maximum absolute atomic E-state index is 12.0. The Morgan fingerprint density at radius 3 is 2.62 bits per heavy atom. The third kappa shape index (κ3) is 6.04. The van der Waals surface area contributed by atoms with Crippen LogP contribution in [0.2, 0.25) is 0 Å². The predicted octanol–water partition coefficient (Wildman–Crippen LogP) is 1.77. The first-order chi connectivity index (χ1) is 15.5. The molecule has 1 unspecified atom stereocenters. The average Bonchev–Trinajstić information content (AvgIpc) is 3.35. The van der Waals surface area contributed by atoms with Crippen LogP contribution in [0.3, 0.4) is 0 Å². The molecule has 0 saturated carbocycles. The van der Waals surface area contributed by atoms with E-state index in [0.29, 0.717) is 66.7 Å². The van der Waals surface area contributed by atoms with E-state index in [0.717, 1.165) is 19.3 Å². The van der Waals surface area contributed by atoms with Gasteiger partial charge in [0.25, 0.3) is 0 Å². The smallest absolute Gasteiger partial charge is 0.249 e. The SMILES string of the molecule is CCC(=O)Nc1nc(CNCCCNC(=O)C2CCCO2)nc2cc(OC)c(OC)cc12. The second-order valence-electron chi connectivity index (χ2n) is 7.44. The summed E-state index contributed by atoms with van der Waals surface area (Å²) in [7, 11) is 3.11. The lowest BCUT2D eigenvalue weighted by atomic mass is 10.2. The molecule has 10 nitrogen and oxygen atoms in total. The molecule has 0 spiro atoms. The van der Waals surface area contributed by atoms with E-state index in [4.69, 9.17) is 14.2 Å². The fourth-order valence-corrected chi connectivity index (χ4v) is 3.42. The number of carbonyl (C=O) groups is 2. The summed E-state index contributed by atoms with van der Waals surface area (Å²) in [5.41, 5.74) is 0.643. The van der Waals surface area contributed by atoms with E-state index >= 15 is 0 Å². The van der Waals surface area contributed by atoms with Gasteiger partial charge in [-0.3, -0.25) is 9.59 Å². The Kier molecular flexibility index (Phi) is 8.57. The van der Waals surface area contributed by atoms with Crippen molar-refractivity contribution in [3.63, 3.8) is 0 Å². The van der Waals surface area contributed by atoms with Gasteiger partial charge in [-0.2, -0.15) is 0 Å². The molecule has 1 aliphatic rings. The van der Waals surface area contributed by atoms with E-state index in [2.05, 4.69) is 25.9 Å². The summed E-state index contributed by atoms with van der Waals surface area (Å²) in [6.45, 7) is 4.10. The number of benzene rings is 1. The predicted molar refractivity (Wildman–Crippen MR) is 120 cm³/mol. The molecule has 2 heterocycles. The van der Waals surface area contributed by atoms with Crippen molar-refractivity contribution in [1.29, 1.82) is 0 Å². The molecule has 1 atom stereocenters. The van der Waals surface area contributed by atoms with Gasteiger partial charge in [-0.25, -0.2) is 9.97 Å². The van der Waals surface area contributed by atoms with Crippen LogP contribution in [0.4, 0.5) is 5.82 Å². The molecule has 32 heavy (non-hydrogen) atoms. The monoisotopic (exact) mass is 445 g/mol. The first-order valence-electron chi connectivity index (χ1n) is 10.9. The summed E-state index contributed by atoms with van der Waals surface area (Å²) < 4.78 is 16.1. The minimum Gasteiger partial charge on any atom is -0.493 e. The second kappa shape index (κ2) is 11.6. The number of ether oxygens (including phenoxy) is 3. The van der Waals surface area contributed by atoms with Gasteiger partial charge in [0.1, 0.15) is 17.7 Å². The topological polar surface area (TPSA) is 124 Å². The van der Waals surface area contributed by atoms with Crippen LogP contribution in [0.15, 0.2) is 12.1 Å². The highest BCUT2D eigenvalue weighted by Gasteiger charge is 2.22. The Hall–Kier alpha value is -2.98. The first-order valence-corrected chi connectivity index (χ1v) is 10.9. The molecule has 1 aliphatic heterocycles. The summed E-state index contributed by atoms with van der Waals surface area (Å²) in [5, 5.41) is 9.69. The zero-order valence-corrected chi connectivity index (χ0v) is 18.8. The minimum atomic E-state index is -0.304. The summed E-state index contributed by atoms with van der Waals surface area (Å²) in [6, 6.07) is 3.52. The number of nitrogens with one attached hydrogen (secondary N) is 3. The maximum Gasteiger partial charge on any atom is 0.249 e. The van der Waals surface area contributed by atoms with E-state index in [1.807, 2.05) is 0 Å². The number of aromatic nitrogens is 2. The zero-order valence-electron chi connectivity index (χ0n) is 18.8. The van der Waals surface area contributed by atoms with Gasteiger partial charge in [-0.05, 0) is 31.9 Å². The Balaban J connectivity index is 1.62. The lowest BCUT2D eigenvalue weighted by molar-refractivity contribution is -0.130. The van der Waals surface area contributed by atoms with Crippen LogP contribution >= 0.6 is 0 Å². The number of anilines is 1. The number of fused-ring (bicyclic) bond motifs is 1. The van der Waals surface area contributed by atoms with E-state index in [-0.39, 0.29) is 17.9 Å². The number of amides is 2. The molecular formula is C22H31N5O5. The van der Waals surface area contributed by atoms with E-state index in [9.17, 15) is 9.59 Å². The lowest BCUT2D eigenvalue weighted by Crippen LogP contribution is -2.35. The van der Waals surface area contributed by atoms with Gasteiger partial charge in [-0.1, -0.05) is 6.92 Å². The summed E-state index contributed by atoms with van der Waals surface area (Å²) in [5.74, 6) is 1.88. The molecule has 174 valence electrons. The number of nitrogens with zero attached hydrogens (tertiary/aromatic N) is 2. The van der Waals surface area contributed by atoms with Gasteiger partial charge in [0.2, 0.25) is 11.8 Å². The minimum absolute atomic E-state index is 0.0407. The largest absolute Gasteiger partial charge is 0.493 e. The van der Waals surface area contributed by atoms with Crippen LogP contribution in [0.25, 0.3) is 10.9 Å². The summed E-state index contributed by atoms with van der Waals surface area (Å²) in [4.78, 5) is 33.1. The van der Waals surface area contributed by atoms with Crippen molar-refractivity contribution < 1.29 is 23.8 Å². The summed E-state index contributed by atoms with van der Waals surface area (Å²) in [6.07, 6.45) is 2.52. The van der Waals surface area contributed by atoms with Crippen molar-refractivity contribution in [2.75, 3.05) is 39.2 Å². The molecule has 2 amide bonds. The van der Waals surface area contributed by atoms with E-state index < -0.39 is 0 Å². The van der Waals surface area contributed by atoms with E-state index in [1.165, 1.54) is 0 Å². The second-order valence-corrected chi connectivity index (χ2v) is 7.44. The standard InChI is InChI=1S/C22H31N5O5/c1-4-20(28)27-21-14-11-17(30-2)18(31-3)12-15(14)25-19(26-21)13-23-8-6-9-24-22(29)16-7-5-10-32-16/h11-12,16,23H,4-10,13H2,1-3H3,(H,24,29)(H,25,26,27,28). The molecule has 1 aromatic heterocycles. The fraction of sp³-hybridized carbons (Fsp3) is 0.545. The van der Waals surface area contributed by atoms with Crippen molar-refractivity contribution in [1.82, 2.24) is 20.6 Å². The van der Waals surface area contributed by atoms with E-state index in [1.54, 1.807) is 33.3 Å². The zero-order chi connectivity index (χ0) is 22.9. The first kappa shape index (κ1) is 23.7. The summed E-state index contributed by atoms with van der Waals surface area (Å²) >= 11 is 0. The fourth-order valence-electron chi connectivity index (χ4n) is 3.42. The van der Waals surface area contributed by atoms with Gasteiger partial charge in [-0.15, -0.1) is 0 Å². The molecule has 2 aromatic rings. The Bertz CT molecular complexity index is 946. The van der Waals surface area contributed by atoms with Crippen molar-refractivity contribution in [3.8, 4) is 11.5 Å². The molecule has 1 saturated heterocycles. The van der Waals surface area contributed by atoms with Crippen LogP contribution in [-0.2, 0) is 20.9 Å².